The highest BCUT2D eigenvalue weighted by molar-refractivity contribution is 7.22. The van der Waals surface area contributed by atoms with Gasteiger partial charge in [0.25, 0.3) is 0 Å². The average Bonchev–Trinajstić information content (AvgIpc) is 3.30. The Morgan fingerprint density at radius 1 is 1.31 bits per heavy atom. The summed E-state index contributed by atoms with van der Waals surface area (Å²) in [6, 6.07) is 8.95. The van der Waals surface area contributed by atoms with Gasteiger partial charge in [-0.25, -0.2) is 0 Å². The lowest BCUT2D eigenvalue weighted by atomic mass is 9.98. The van der Waals surface area contributed by atoms with Gasteiger partial charge in [-0.15, -0.1) is 10.2 Å². The van der Waals surface area contributed by atoms with Crippen molar-refractivity contribution in [3.63, 3.8) is 0 Å². The maximum atomic E-state index is 4.62. The van der Waals surface area contributed by atoms with E-state index in [1.54, 1.807) is 18.4 Å². The first-order valence-electron chi connectivity index (χ1n) is 9.86. The van der Waals surface area contributed by atoms with Gasteiger partial charge in [-0.1, -0.05) is 35.6 Å². The van der Waals surface area contributed by atoms with Gasteiger partial charge in [0, 0.05) is 31.4 Å². The molecule has 0 radical (unpaired) electrons. The highest BCUT2D eigenvalue weighted by atomic mass is 32.1. The molecule has 1 unspecified atom stereocenters. The number of likely N-dealkylation sites (N-methyl/N-ethyl adjacent to an activating group) is 1. The number of aryl methyl sites for hydroxylation is 1. The van der Waals surface area contributed by atoms with Gasteiger partial charge in [0.1, 0.15) is 0 Å². The Hall–Kier alpha value is -2.64. The number of allylic oxidation sites excluding steroid dienone is 2. The third-order valence-electron chi connectivity index (χ3n) is 5.29. The van der Waals surface area contributed by atoms with Crippen LogP contribution < -0.4 is 5.32 Å². The van der Waals surface area contributed by atoms with Crippen molar-refractivity contribution in [2.75, 3.05) is 32.5 Å². The maximum Gasteiger partial charge on any atom is 0.194 e. The number of aromatic nitrogens is 3. The Morgan fingerprint density at radius 2 is 2.17 bits per heavy atom. The van der Waals surface area contributed by atoms with Crippen molar-refractivity contribution < 1.29 is 0 Å². The Bertz CT molecular complexity index is 1080. The zero-order valence-corrected chi connectivity index (χ0v) is 18.1. The summed E-state index contributed by atoms with van der Waals surface area (Å²) >= 11 is 1.65. The fraction of sp³-hybridized carbons (Fsp3) is 0.364. The number of likely N-dealkylation sites (tertiary alicyclic amines) is 1. The number of benzene rings is 1. The maximum absolute atomic E-state index is 4.62. The monoisotopic (exact) mass is 406 g/mol. The van der Waals surface area contributed by atoms with E-state index in [2.05, 4.69) is 74.7 Å². The fourth-order valence-corrected chi connectivity index (χ4v) is 4.66. The molecule has 1 fully saturated rings. The summed E-state index contributed by atoms with van der Waals surface area (Å²) < 4.78 is 1.06. The molecule has 2 aromatic heterocycles. The van der Waals surface area contributed by atoms with Crippen LogP contribution in [0.5, 0.6) is 0 Å². The summed E-state index contributed by atoms with van der Waals surface area (Å²) in [7, 11) is 3.94. The first kappa shape index (κ1) is 19.7. The van der Waals surface area contributed by atoms with Gasteiger partial charge in [0.15, 0.2) is 10.8 Å². The van der Waals surface area contributed by atoms with Crippen molar-refractivity contribution in [1.82, 2.24) is 20.1 Å². The van der Waals surface area contributed by atoms with E-state index in [-0.39, 0.29) is 0 Å². The summed E-state index contributed by atoms with van der Waals surface area (Å²) in [4.78, 5) is 11.1. The molecule has 0 bridgehead atoms. The molecule has 3 heterocycles. The molecule has 1 aliphatic heterocycles. The normalized spacial score (nSPS) is 18.2. The highest BCUT2D eigenvalue weighted by Gasteiger charge is 2.20. The molecule has 6 nitrogen and oxygen atoms in total. The van der Waals surface area contributed by atoms with Gasteiger partial charge in [-0.2, -0.15) is 4.98 Å². The number of nitrogens with zero attached hydrogens (tertiary/aromatic N) is 5. The lowest BCUT2D eigenvalue weighted by Crippen LogP contribution is -2.23. The molecule has 150 valence electrons. The number of rotatable bonds is 5. The molecule has 1 aliphatic rings. The van der Waals surface area contributed by atoms with Crippen molar-refractivity contribution in [3.05, 3.63) is 41.5 Å². The van der Waals surface area contributed by atoms with Gasteiger partial charge in [0.05, 0.1) is 10.4 Å². The average molecular weight is 407 g/mol. The molecule has 4 rings (SSSR count). The third-order valence-corrected chi connectivity index (χ3v) is 6.21. The van der Waals surface area contributed by atoms with Crippen molar-refractivity contribution >= 4 is 38.6 Å². The van der Waals surface area contributed by atoms with Crippen LogP contribution in [0.4, 0.5) is 5.13 Å². The second-order valence-electron chi connectivity index (χ2n) is 7.49. The Kier molecular flexibility index (Phi) is 5.69. The van der Waals surface area contributed by atoms with Gasteiger partial charge >= 0.3 is 0 Å². The van der Waals surface area contributed by atoms with Gasteiger partial charge in [-0.05, 0) is 56.6 Å². The van der Waals surface area contributed by atoms with E-state index in [0.29, 0.717) is 11.7 Å². The van der Waals surface area contributed by atoms with Crippen LogP contribution in [-0.4, -0.2) is 59.5 Å². The van der Waals surface area contributed by atoms with E-state index in [9.17, 15) is 0 Å². The molecule has 1 atom stereocenters. The number of thiazole rings is 1. The lowest BCUT2D eigenvalue weighted by molar-refractivity contribution is 0.414. The molecule has 0 spiro atoms. The summed E-state index contributed by atoms with van der Waals surface area (Å²) in [5.74, 6) is 0. The van der Waals surface area contributed by atoms with Gasteiger partial charge in [0.2, 0.25) is 0 Å². The predicted octanol–water partition coefficient (Wildman–Crippen LogP) is 4.28. The van der Waals surface area contributed by atoms with Crippen molar-refractivity contribution in [3.8, 4) is 11.3 Å². The van der Waals surface area contributed by atoms with Crippen LogP contribution >= 0.6 is 11.3 Å². The molecule has 3 aromatic rings. The minimum atomic E-state index is 0.454. The number of fused-ring (bicyclic) bond motifs is 1. The lowest BCUT2D eigenvalue weighted by Gasteiger charge is -2.10. The van der Waals surface area contributed by atoms with Crippen LogP contribution in [0.1, 0.15) is 24.5 Å². The van der Waals surface area contributed by atoms with Gasteiger partial charge < -0.3 is 10.2 Å². The summed E-state index contributed by atoms with van der Waals surface area (Å²) in [5, 5.41) is 13.3. The Labute approximate surface area is 175 Å². The summed E-state index contributed by atoms with van der Waals surface area (Å²) in [6.07, 6.45) is 5.10. The minimum absolute atomic E-state index is 0.454. The first-order chi connectivity index (χ1) is 14.1. The minimum Gasteiger partial charge on any atom is -0.357 e. The SMILES string of the molecule is C/C=C(\C=NC)c1ccc(-c2cc3sc(NC4CCN(C)C4)nc3nn2)c(C)c1. The van der Waals surface area contributed by atoms with E-state index in [4.69, 9.17) is 0 Å². The van der Waals surface area contributed by atoms with E-state index >= 15 is 0 Å². The fourth-order valence-electron chi connectivity index (χ4n) is 3.75. The third kappa shape index (κ3) is 4.21. The molecule has 1 aromatic carbocycles. The van der Waals surface area contributed by atoms with Crippen LogP contribution in [0.25, 0.3) is 27.2 Å². The molecule has 0 amide bonds. The largest absolute Gasteiger partial charge is 0.357 e. The second kappa shape index (κ2) is 8.39. The van der Waals surface area contributed by atoms with Gasteiger partial charge in [-0.3, -0.25) is 4.99 Å². The van der Waals surface area contributed by atoms with E-state index in [1.807, 2.05) is 13.1 Å². The number of anilines is 1. The quantitative estimate of drug-likeness (QED) is 0.641. The zero-order chi connectivity index (χ0) is 20.4. The van der Waals surface area contributed by atoms with Crippen molar-refractivity contribution in [2.24, 2.45) is 4.99 Å². The van der Waals surface area contributed by atoms with Crippen LogP contribution in [0.3, 0.4) is 0 Å². The smallest absolute Gasteiger partial charge is 0.194 e. The molecule has 29 heavy (non-hydrogen) atoms. The Morgan fingerprint density at radius 3 is 2.86 bits per heavy atom. The zero-order valence-electron chi connectivity index (χ0n) is 17.3. The molecular weight excluding hydrogens is 380 g/mol. The van der Waals surface area contributed by atoms with Crippen LogP contribution in [0.15, 0.2) is 35.3 Å². The van der Waals surface area contributed by atoms with Crippen molar-refractivity contribution in [2.45, 2.75) is 26.3 Å². The number of hydrogen-bond acceptors (Lipinski definition) is 7. The second-order valence-corrected chi connectivity index (χ2v) is 8.52. The Balaban J connectivity index is 1.61. The number of hydrogen-bond donors (Lipinski definition) is 1. The first-order valence-corrected chi connectivity index (χ1v) is 10.7. The standard InChI is InChI=1S/C22H26N6S/c1-5-15(12-23-3)16-6-7-18(14(2)10-16)19-11-20-21(27-26-19)25-22(29-20)24-17-8-9-28(4)13-17/h5-7,10-12,17H,8-9,13H2,1-4H3,(H,24,25,27)/b15-5+,23-12?. The molecule has 7 heteroatoms. The highest BCUT2D eigenvalue weighted by Crippen LogP contribution is 2.30. The van der Waals surface area contributed by atoms with E-state index in [1.165, 1.54) is 0 Å². The summed E-state index contributed by atoms with van der Waals surface area (Å²) in [6.45, 7) is 6.31. The molecule has 1 saturated heterocycles. The molecule has 0 saturated carbocycles. The molecule has 0 aliphatic carbocycles. The molecule has 1 N–H and O–H groups in total. The van der Waals surface area contributed by atoms with Crippen LogP contribution in [0, 0.1) is 6.92 Å². The topological polar surface area (TPSA) is 66.3 Å². The van der Waals surface area contributed by atoms with Crippen molar-refractivity contribution in [1.29, 1.82) is 0 Å². The predicted molar refractivity (Wildman–Crippen MR) is 123 cm³/mol. The van der Waals surface area contributed by atoms with Crippen LogP contribution in [-0.2, 0) is 0 Å². The van der Waals surface area contributed by atoms with E-state index < -0.39 is 0 Å². The number of aliphatic imine (C=N–C) groups is 1. The molecular formula is C22H26N6S. The summed E-state index contributed by atoms with van der Waals surface area (Å²) in [5.41, 5.74) is 6.10. The van der Waals surface area contributed by atoms with Crippen LogP contribution in [0.2, 0.25) is 0 Å². The van der Waals surface area contributed by atoms with E-state index in [0.717, 1.165) is 57.3 Å². The number of nitrogens with one attached hydrogen (secondary N) is 1.